The fraction of sp³-hybridized carbons (Fsp3) is 1.00. The molecular formula is C15H31IN3-. The molecule has 0 aromatic carbocycles. The van der Waals surface area contributed by atoms with E-state index in [1.54, 1.807) is 0 Å². The third kappa shape index (κ3) is 5.14. The van der Waals surface area contributed by atoms with Gasteiger partial charge in [0.15, 0.2) is 0 Å². The molecule has 0 saturated carbocycles. The Morgan fingerprint density at radius 3 is 2.16 bits per heavy atom. The van der Waals surface area contributed by atoms with Crippen LogP contribution in [0, 0.1) is 5.92 Å². The molecule has 114 valence electrons. The summed E-state index contributed by atoms with van der Waals surface area (Å²) in [6.45, 7) is 16.3. The van der Waals surface area contributed by atoms with Crippen LogP contribution in [0.25, 0.3) is 0 Å². The van der Waals surface area contributed by atoms with E-state index < -0.39 is 0 Å². The standard InChI is InChI=1S/C15H31IN3/c1-4-16-19-7-5-15(6-8-19)13-17-9-11-18(12-10-17)14(2)3/h14-15H,4-13H2,1-3H3/q-1. The predicted octanol–water partition coefficient (Wildman–Crippen LogP) is -1.25. The Balaban J connectivity index is 1.64. The van der Waals surface area contributed by atoms with Crippen molar-refractivity contribution in [2.45, 2.75) is 39.7 Å². The quantitative estimate of drug-likeness (QED) is 0.335. The maximum atomic E-state index is 2.76. The molecule has 0 unspecified atom stereocenters. The molecule has 2 aliphatic heterocycles. The fourth-order valence-electron chi connectivity index (χ4n) is 3.20. The van der Waals surface area contributed by atoms with Gasteiger partial charge in [-0.05, 0) is 0 Å². The summed E-state index contributed by atoms with van der Waals surface area (Å²) in [5, 5.41) is 0. The maximum absolute atomic E-state index is 2.76. The molecule has 2 saturated heterocycles. The molecule has 4 heteroatoms. The molecule has 3 nitrogen and oxygen atoms in total. The van der Waals surface area contributed by atoms with Crippen molar-refractivity contribution >= 4 is 0 Å². The average molecular weight is 380 g/mol. The zero-order chi connectivity index (χ0) is 13.7. The summed E-state index contributed by atoms with van der Waals surface area (Å²) in [7, 11) is 0. The van der Waals surface area contributed by atoms with Crippen molar-refractivity contribution < 1.29 is 21.5 Å². The first-order valence-corrected chi connectivity index (χ1v) is 10.5. The summed E-state index contributed by atoms with van der Waals surface area (Å²) in [5.74, 6) is 0.975. The minimum atomic E-state index is 0.366. The SMILES string of the molecule is CC[I-]N1CCC(CN2CCN(C(C)C)CC2)CC1. The van der Waals surface area contributed by atoms with E-state index in [0.29, 0.717) is 21.5 Å². The van der Waals surface area contributed by atoms with Gasteiger partial charge in [-0.1, -0.05) is 0 Å². The van der Waals surface area contributed by atoms with E-state index in [1.165, 1.54) is 63.1 Å². The molecule has 2 heterocycles. The minimum absolute atomic E-state index is 0.366. The van der Waals surface area contributed by atoms with Crippen LogP contribution in [0.5, 0.6) is 0 Å². The Kier molecular flexibility index (Phi) is 6.86. The van der Waals surface area contributed by atoms with E-state index >= 15 is 0 Å². The van der Waals surface area contributed by atoms with Crippen molar-refractivity contribution in [3.05, 3.63) is 0 Å². The normalized spacial score (nSPS) is 25.5. The van der Waals surface area contributed by atoms with Gasteiger partial charge in [-0.3, -0.25) is 0 Å². The summed E-state index contributed by atoms with van der Waals surface area (Å²) >= 11 is 0.366. The fourth-order valence-corrected chi connectivity index (χ4v) is 5.40. The molecule has 0 amide bonds. The molecule has 0 atom stereocenters. The number of halogens is 1. The van der Waals surface area contributed by atoms with E-state index in [2.05, 4.69) is 33.7 Å². The van der Waals surface area contributed by atoms with Gasteiger partial charge in [-0.25, -0.2) is 0 Å². The van der Waals surface area contributed by atoms with E-state index in [1.807, 2.05) is 0 Å². The number of alkyl halides is 1. The molecule has 0 bridgehead atoms. The first-order valence-electron chi connectivity index (χ1n) is 7.99. The van der Waals surface area contributed by atoms with Crippen LogP contribution in [0.3, 0.4) is 0 Å². The Bertz CT molecular complexity index is 244. The van der Waals surface area contributed by atoms with Crippen molar-refractivity contribution in [1.29, 1.82) is 0 Å². The van der Waals surface area contributed by atoms with Gasteiger partial charge in [0.25, 0.3) is 0 Å². The van der Waals surface area contributed by atoms with E-state index in [9.17, 15) is 0 Å². The number of nitrogens with zero attached hydrogens (tertiary/aromatic N) is 3. The third-order valence-electron chi connectivity index (χ3n) is 4.50. The van der Waals surface area contributed by atoms with Crippen molar-refractivity contribution in [1.82, 2.24) is 12.9 Å². The summed E-state index contributed by atoms with van der Waals surface area (Å²) in [4.78, 5) is 5.33. The molecule has 2 fully saturated rings. The predicted molar refractivity (Wildman–Crippen MR) is 78.0 cm³/mol. The monoisotopic (exact) mass is 380 g/mol. The Labute approximate surface area is 130 Å². The van der Waals surface area contributed by atoms with E-state index in [4.69, 9.17) is 0 Å². The summed E-state index contributed by atoms with van der Waals surface area (Å²) in [6, 6.07) is 0.725. The second-order valence-electron chi connectivity index (χ2n) is 6.17. The van der Waals surface area contributed by atoms with Crippen LogP contribution >= 0.6 is 0 Å². The Morgan fingerprint density at radius 2 is 1.63 bits per heavy atom. The zero-order valence-electron chi connectivity index (χ0n) is 12.9. The van der Waals surface area contributed by atoms with Crippen molar-refractivity contribution in [3.8, 4) is 0 Å². The average Bonchev–Trinajstić information content (AvgIpc) is 2.42. The molecule has 0 aromatic heterocycles. The van der Waals surface area contributed by atoms with E-state index in [-0.39, 0.29) is 0 Å². The molecule has 0 aromatic rings. The van der Waals surface area contributed by atoms with Gasteiger partial charge in [-0.15, -0.1) is 0 Å². The van der Waals surface area contributed by atoms with Crippen molar-refractivity contribution in [3.63, 3.8) is 0 Å². The zero-order valence-corrected chi connectivity index (χ0v) is 15.1. The van der Waals surface area contributed by atoms with Gasteiger partial charge in [0.2, 0.25) is 0 Å². The molecule has 0 spiro atoms. The molecule has 2 rings (SSSR count). The van der Waals surface area contributed by atoms with Gasteiger partial charge in [-0.2, -0.15) is 0 Å². The number of piperazine rings is 1. The van der Waals surface area contributed by atoms with Crippen LogP contribution in [-0.2, 0) is 0 Å². The molecular weight excluding hydrogens is 349 g/mol. The van der Waals surface area contributed by atoms with Crippen LogP contribution in [0.2, 0.25) is 0 Å². The van der Waals surface area contributed by atoms with Crippen molar-refractivity contribution in [2.24, 2.45) is 5.92 Å². The number of hydrogen-bond donors (Lipinski definition) is 0. The first kappa shape index (κ1) is 16.0. The summed E-state index contributed by atoms with van der Waals surface area (Å²) in [5.41, 5.74) is 0. The van der Waals surface area contributed by atoms with Gasteiger partial charge in [0.1, 0.15) is 0 Å². The van der Waals surface area contributed by atoms with Crippen LogP contribution in [0.15, 0.2) is 0 Å². The van der Waals surface area contributed by atoms with E-state index in [0.717, 1.165) is 12.0 Å². The van der Waals surface area contributed by atoms with Crippen LogP contribution in [0.1, 0.15) is 33.6 Å². The Morgan fingerprint density at radius 1 is 1.00 bits per heavy atom. The van der Waals surface area contributed by atoms with Crippen LogP contribution in [0.4, 0.5) is 0 Å². The first-order chi connectivity index (χ1) is 9.19. The molecule has 0 aliphatic carbocycles. The van der Waals surface area contributed by atoms with Crippen LogP contribution in [-0.4, -0.2) is 69.2 Å². The van der Waals surface area contributed by atoms with Crippen molar-refractivity contribution in [2.75, 3.05) is 50.2 Å². The van der Waals surface area contributed by atoms with Gasteiger partial charge in [0.05, 0.1) is 0 Å². The topological polar surface area (TPSA) is 9.72 Å². The third-order valence-corrected chi connectivity index (χ3v) is 7.11. The molecule has 0 N–H and O–H groups in total. The Hall–Kier alpha value is 0.610. The summed E-state index contributed by atoms with van der Waals surface area (Å²) in [6.07, 6.45) is 2.90. The second kappa shape index (κ2) is 8.15. The number of rotatable bonds is 5. The molecule has 19 heavy (non-hydrogen) atoms. The number of hydrogen-bond acceptors (Lipinski definition) is 3. The second-order valence-corrected chi connectivity index (χ2v) is 9.74. The van der Waals surface area contributed by atoms with Gasteiger partial charge in [0, 0.05) is 0 Å². The summed E-state index contributed by atoms with van der Waals surface area (Å²) < 4.78 is 4.17. The van der Waals surface area contributed by atoms with Gasteiger partial charge < -0.3 is 0 Å². The molecule has 2 aliphatic rings. The van der Waals surface area contributed by atoms with Crippen LogP contribution < -0.4 is 21.5 Å². The number of piperidine rings is 1. The van der Waals surface area contributed by atoms with Gasteiger partial charge >= 0.3 is 130 Å². The molecule has 0 radical (unpaired) electrons.